The fourth-order valence-corrected chi connectivity index (χ4v) is 3.92. The number of likely N-dealkylation sites (tertiary alicyclic amines) is 1. The van der Waals surface area contributed by atoms with Gasteiger partial charge < -0.3 is 10.0 Å². The van der Waals surface area contributed by atoms with Crippen molar-refractivity contribution in [3.8, 4) is 5.69 Å². The number of aliphatic carboxylic acids is 1. The summed E-state index contributed by atoms with van der Waals surface area (Å²) in [6, 6.07) is 6.05. The first-order chi connectivity index (χ1) is 12.5. The van der Waals surface area contributed by atoms with Crippen LogP contribution in [0.1, 0.15) is 41.0 Å². The highest BCUT2D eigenvalue weighted by atomic mass is 19.1. The topological polar surface area (TPSA) is 75.4 Å². The molecule has 1 aliphatic heterocycles. The lowest BCUT2D eigenvalue weighted by Crippen LogP contribution is -2.42. The van der Waals surface area contributed by atoms with Crippen LogP contribution in [0.15, 0.2) is 24.3 Å². The van der Waals surface area contributed by atoms with Crippen molar-refractivity contribution in [2.75, 3.05) is 13.1 Å². The van der Waals surface area contributed by atoms with E-state index in [9.17, 15) is 19.1 Å². The third kappa shape index (κ3) is 2.87. The quantitative estimate of drug-likeness (QED) is 0.915. The second kappa shape index (κ2) is 6.55. The Morgan fingerprint density at radius 2 is 1.92 bits per heavy atom. The molecule has 26 heavy (non-hydrogen) atoms. The van der Waals surface area contributed by atoms with Gasteiger partial charge in [-0.05, 0) is 56.4 Å². The smallest absolute Gasteiger partial charge is 0.308 e. The van der Waals surface area contributed by atoms with Crippen LogP contribution in [0.2, 0.25) is 0 Å². The van der Waals surface area contributed by atoms with Gasteiger partial charge in [0.15, 0.2) is 5.69 Å². The van der Waals surface area contributed by atoms with Gasteiger partial charge in [-0.25, -0.2) is 9.07 Å². The summed E-state index contributed by atoms with van der Waals surface area (Å²) in [6.07, 6.45) is 3.84. The first kappa shape index (κ1) is 16.8. The zero-order chi connectivity index (χ0) is 18.3. The standard InChI is InChI=1S/C19H20FN3O3/c20-13-6-8-14(9-7-13)23-16-5-1-4-15(16)17(21-23)18(24)22-10-2-3-12(11-22)19(25)26/h6-9,12H,1-5,10-11H2,(H,25,26). The van der Waals surface area contributed by atoms with Gasteiger partial charge in [0.1, 0.15) is 5.82 Å². The highest BCUT2D eigenvalue weighted by Gasteiger charge is 2.33. The van der Waals surface area contributed by atoms with Crippen LogP contribution in [0.4, 0.5) is 4.39 Å². The highest BCUT2D eigenvalue weighted by molar-refractivity contribution is 5.94. The summed E-state index contributed by atoms with van der Waals surface area (Å²) in [6.45, 7) is 0.785. The Balaban J connectivity index is 1.67. The van der Waals surface area contributed by atoms with E-state index in [1.54, 1.807) is 21.7 Å². The Bertz CT molecular complexity index is 860. The summed E-state index contributed by atoms with van der Waals surface area (Å²) in [4.78, 5) is 25.9. The Kier molecular flexibility index (Phi) is 4.22. The molecule has 1 N–H and O–H groups in total. The van der Waals surface area contributed by atoms with E-state index in [1.165, 1.54) is 12.1 Å². The number of hydrogen-bond acceptors (Lipinski definition) is 3. The van der Waals surface area contributed by atoms with E-state index in [0.29, 0.717) is 25.1 Å². The molecule has 2 aliphatic rings. The average molecular weight is 357 g/mol. The number of carboxylic acid groups (broad SMARTS) is 1. The average Bonchev–Trinajstić information content (AvgIpc) is 3.25. The van der Waals surface area contributed by atoms with Crippen molar-refractivity contribution >= 4 is 11.9 Å². The van der Waals surface area contributed by atoms with E-state index in [1.807, 2.05) is 0 Å². The number of carbonyl (C=O) groups is 2. The van der Waals surface area contributed by atoms with Gasteiger partial charge in [0.25, 0.3) is 5.91 Å². The zero-order valence-corrected chi connectivity index (χ0v) is 14.3. The van der Waals surface area contributed by atoms with Crippen LogP contribution in [-0.4, -0.2) is 44.8 Å². The predicted octanol–water partition coefficient (Wildman–Crippen LogP) is 2.44. The van der Waals surface area contributed by atoms with E-state index in [-0.39, 0.29) is 18.3 Å². The number of piperidine rings is 1. The van der Waals surface area contributed by atoms with Crippen molar-refractivity contribution < 1.29 is 19.1 Å². The first-order valence-corrected chi connectivity index (χ1v) is 8.93. The summed E-state index contributed by atoms with van der Waals surface area (Å²) in [5.74, 6) is -1.89. The number of halogens is 1. The van der Waals surface area contributed by atoms with Crippen molar-refractivity contribution in [3.63, 3.8) is 0 Å². The number of carboxylic acids is 1. The number of hydrogen-bond donors (Lipinski definition) is 1. The maximum atomic E-state index is 13.2. The van der Waals surface area contributed by atoms with Gasteiger partial charge in [-0.2, -0.15) is 5.10 Å². The second-order valence-corrected chi connectivity index (χ2v) is 6.94. The molecule has 0 saturated carbocycles. The molecular formula is C19H20FN3O3. The van der Waals surface area contributed by atoms with Crippen LogP contribution in [-0.2, 0) is 17.6 Å². The fourth-order valence-electron chi connectivity index (χ4n) is 3.92. The van der Waals surface area contributed by atoms with Crippen molar-refractivity contribution in [1.82, 2.24) is 14.7 Å². The van der Waals surface area contributed by atoms with Crippen LogP contribution in [0, 0.1) is 11.7 Å². The third-order valence-corrected chi connectivity index (χ3v) is 5.26. The molecule has 1 atom stereocenters. The van der Waals surface area contributed by atoms with Crippen molar-refractivity contribution in [2.45, 2.75) is 32.1 Å². The summed E-state index contributed by atoms with van der Waals surface area (Å²) >= 11 is 0. The van der Waals surface area contributed by atoms with E-state index in [2.05, 4.69) is 5.10 Å². The molecule has 136 valence electrons. The van der Waals surface area contributed by atoms with Crippen LogP contribution in [0.3, 0.4) is 0 Å². The van der Waals surface area contributed by atoms with Crippen LogP contribution >= 0.6 is 0 Å². The van der Waals surface area contributed by atoms with E-state index in [4.69, 9.17) is 0 Å². The van der Waals surface area contributed by atoms with Crippen molar-refractivity contribution in [3.05, 3.63) is 47.0 Å². The van der Waals surface area contributed by atoms with Crippen LogP contribution in [0.5, 0.6) is 0 Å². The molecular weight excluding hydrogens is 337 g/mol. The molecule has 1 aromatic carbocycles. The van der Waals surface area contributed by atoms with Gasteiger partial charge in [0, 0.05) is 24.3 Å². The van der Waals surface area contributed by atoms with Crippen LogP contribution in [0.25, 0.3) is 5.69 Å². The number of carbonyl (C=O) groups excluding carboxylic acids is 1. The van der Waals surface area contributed by atoms with E-state index < -0.39 is 11.9 Å². The number of amides is 1. The molecule has 6 nitrogen and oxygen atoms in total. The first-order valence-electron chi connectivity index (χ1n) is 8.93. The molecule has 0 radical (unpaired) electrons. The second-order valence-electron chi connectivity index (χ2n) is 6.94. The van der Waals surface area contributed by atoms with Gasteiger partial charge in [0.05, 0.1) is 11.6 Å². The molecule has 2 heterocycles. The molecule has 1 saturated heterocycles. The number of aromatic nitrogens is 2. The minimum Gasteiger partial charge on any atom is -0.481 e. The van der Waals surface area contributed by atoms with Gasteiger partial charge in [-0.1, -0.05) is 0 Å². The SMILES string of the molecule is O=C(O)C1CCCN(C(=O)c2nn(-c3ccc(F)cc3)c3c2CCC3)C1. The Labute approximate surface area is 150 Å². The van der Waals surface area contributed by atoms with Crippen LogP contribution < -0.4 is 0 Å². The monoisotopic (exact) mass is 357 g/mol. The predicted molar refractivity (Wildman–Crippen MR) is 91.8 cm³/mol. The summed E-state index contributed by atoms with van der Waals surface area (Å²) < 4.78 is 14.9. The molecule has 1 aliphatic carbocycles. The Hall–Kier alpha value is -2.70. The van der Waals surface area contributed by atoms with Gasteiger partial charge in [0.2, 0.25) is 0 Å². The Morgan fingerprint density at radius 1 is 1.15 bits per heavy atom. The molecule has 1 aromatic heterocycles. The molecule has 0 spiro atoms. The fraction of sp³-hybridized carbons (Fsp3) is 0.421. The lowest BCUT2D eigenvalue weighted by Gasteiger charge is -2.30. The number of benzene rings is 1. The molecule has 1 fully saturated rings. The van der Waals surface area contributed by atoms with Gasteiger partial charge in [-0.3, -0.25) is 9.59 Å². The minimum absolute atomic E-state index is 0.199. The maximum absolute atomic E-state index is 13.2. The number of fused-ring (bicyclic) bond motifs is 1. The lowest BCUT2D eigenvalue weighted by molar-refractivity contribution is -0.143. The summed E-state index contributed by atoms with van der Waals surface area (Å²) in [5.41, 5.74) is 3.07. The normalized spacial score (nSPS) is 19.4. The number of nitrogens with zero attached hydrogens (tertiary/aromatic N) is 3. The number of rotatable bonds is 3. The maximum Gasteiger partial charge on any atom is 0.308 e. The van der Waals surface area contributed by atoms with Crippen molar-refractivity contribution in [2.24, 2.45) is 5.92 Å². The molecule has 0 bridgehead atoms. The minimum atomic E-state index is -0.857. The lowest BCUT2D eigenvalue weighted by atomic mass is 9.98. The highest BCUT2D eigenvalue weighted by Crippen LogP contribution is 2.29. The largest absolute Gasteiger partial charge is 0.481 e. The molecule has 1 unspecified atom stereocenters. The van der Waals surface area contributed by atoms with Gasteiger partial charge >= 0.3 is 5.97 Å². The molecule has 4 rings (SSSR count). The van der Waals surface area contributed by atoms with Crippen molar-refractivity contribution in [1.29, 1.82) is 0 Å². The zero-order valence-electron chi connectivity index (χ0n) is 14.3. The molecule has 1 amide bonds. The Morgan fingerprint density at radius 3 is 2.65 bits per heavy atom. The van der Waals surface area contributed by atoms with E-state index >= 15 is 0 Å². The molecule has 2 aromatic rings. The third-order valence-electron chi connectivity index (χ3n) is 5.26. The summed E-state index contributed by atoms with van der Waals surface area (Å²) in [5, 5.41) is 13.8. The van der Waals surface area contributed by atoms with E-state index in [0.717, 1.165) is 36.2 Å². The summed E-state index contributed by atoms with van der Waals surface area (Å²) in [7, 11) is 0. The molecule has 7 heteroatoms. The van der Waals surface area contributed by atoms with Gasteiger partial charge in [-0.15, -0.1) is 0 Å².